The van der Waals surface area contributed by atoms with Gasteiger partial charge in [-0.05, 0) is 72.3 Å². The summed E-state index contributed by atoms with van der Waals surface area (Å²) in [4.78, 5) is 0. The SMILES string of the molecule is Ic1ccc(OCCC2CNC2)cc1. The number of ether oxygens (including phenoxy) is 1. The first-order valence-corrected chi connectivity index (χ1v) is 6.01. The molecule has 0 atom stereocenters. The number of benzene rings is 1. The topological polar surface area (TPSA) is 21.3 Å². The first-order valence-electron chi connectivity index (χ1n) is 4.94. The van der Waals surface area contributed by atoms with Crippen LogP contribution in [0.25, 0.3) is 0 Å². The second-order valence-electron chi connectivity index (χ2n) is 3.62. The fraction of sp³-hybridized carbons (Fsp3) is 0.455. The van der Waals surface area contributed by atoms with Crippen molar-refractivity contribution < 1.29 is 4.74 Å². The van der Waals surface area contributed by atoms with Gasteiger partial charge >= 0.3 is 0 Å². The van der Waals surface area contributed by atoms with Crippen molar-refractivity contribution >= 4 is 22.6 Å². The molecular weight excluding hydrogens is 289 g/mol. The fourth-order valence-electron chi connectivity index (χ4n) is 1.43. The largest absolute Gasteiger partial charge is 0.494 e. The Morgan fingerprint density at radius 1 is 1.29 bits per heavy atom. The van der Waals surface area contributed by atoms with E-state index in [1.165, 1.54) is 9.99 Å². The maximum atomic E-state index is 5.64. The molecule has 0 unspecified atom stereocenters. The van der Waals surface area contributed by atoms with Crippen LogP contribution in [0.15, 0.2) is 24.3 Å². The van der Waals surface area contributed by atoms with Crippen molar-refractivity contribution in [3.8, 4) is 5.75 Å². The number of hydrogen-bond donors (Lipinski definition) is 1. The summed E-state index contributed by atoms with van der Waals surface area (Å²) in [5.41, 5.74) is 0. The molecule has 3 heteroatoms. The van der Waals surface area contributed by atoms with E-state index in [0.29, 0.717) is 0 Å². The average molecular weight is 303 g/mol. The lowest BCUT2D eigenvalue weighted by Gasteiger charge is -2.26. The molecule has 2 rings (SSSR count). The zero-order valence-electron chi connectivity index (χ0n) is 8.00. The van der Waals surface area contributed by atoms with Crippen LogP contribution in [-0.4, -0.2) is 19.7 Å². The van der Waals surface area contributed by atoms with Crippen molar-refractivity contribution in [1.82, 2.24) is 5.32 Å². The van der Waals surface area contributed by atoms with E-state index in [1.54, 1.807) is 0 Å². The van der Waals surface area contributed by atoms with Gasteiger partial charge in [0.05, 0.1) is 6.61 Å². The summed E-state index contributed by atoms with van der Waals surface area (Å²) in [6.07, 6.45) is 1.17. The van der Waals surface area contributed by atoms with E-state index in [9.17, 15) is 0 Å². The van der Waals surface area contributed by atoms with Gasteiger partial charge in [-0.2, -0.15) is 0 Å². The molecule has 1 N–H and O–H groups in total. The van der Waals surface area contributed by atoms with Gasteiger partial charge in [0.2, 0.25) is 0 Å². The van der Waals surface area contributed by atoms with Gasteiger partial charge in [0, 0.05) is 3.57 Å². The van der Waals surface area contributed by atoms with Crippen molar-refractivity contribution in [2.75, 3.05) is 19.7 Å². The average Bonchev–Trinajstić information content (AvgIpc) is 2.12. The standard InChI is InChI=1S/C11H14INO/c12-10-1-3-11(4-2-10)14-6-5-9-7-13-8-9/h1-4,9,13H,5-8H2. The van der Waals surface area contributed by atoms with E-state index < -0.39 is 0 Å². The predicted octanol–water partition coefficient (Wildman–Crippen LogP) is 2.28. The summed E-state index contributed by atoms with van der Waals surface area (Å²) in [7, 11) is 0. The van der Waals surface area contributed by atoms with Gasteiger partial charge in [-0.1, -0.05) is 0 Å². The highest BCUT2D eigenvalue weighted by molar-refractivity contribution is 14.1. The predicted molar refractivity (Wildman–Crippen MR) is 65.6 cm³/mol. The maximum absolute atomic E-state index is 5.64. The number of nitrogens with one attached hydrogen (secondary N) is 1. The third-order valence-corrected chi connectivity index (χ3v) is 3.19. The quantitative estimate of drug-likeness (QED) is 0.862. The second-order valence-corrected chi connectivity index (χ2v) is 4.86. The number of hydrogen-bond acceptors (Lipinski definition) is 2. The molecule has 1 aromatic rings. The molecule has 1 heterocycles. The number of rotatable bonds is 4. The van der Waals surface area contributed by atoms with E-state index in [1.807, 2.05) is 12.1 Å². The highest BCUT2D eigenvalue weighted by Crippen LogP contribution is 2.15. The molecule has 1 fully saturated rings. The summed E-state index contributed by atoms with van der Waals surface area (Å²) >= 11 is 2.30. The van der Waals surface area contributed by atoms with Crippen LogP contribution in [0.5, 0.6) is 5.75 Å². The molecule has 0 aliphatic carbocycles. The highest BCUT2D eigenvalue weighted by atomic mass is 127. The highest BCUT2D eigenvalue weighted by Gasteiger charge is 2.15. The molecule has 0 aromatic heterocycles. The molecule has 0 radical (unpaired) electrons. The fourth-order valence-corrected chi connectivity index (χ4v) is 1.79. The Morgan fingerprint density at radius 2 is 2.00 bits per heavy atom. The van der Waals surface area contributed by atoms with Crippen LogP contribution in [-0.2, 0) is 0 Å². The molecule has 0 spiro atoms. The summed E-state index contributed by atoms with van der Waals surface area (Å²) in [5.74, 6) is 1.82. The van der Waals surface area contributed by atoms with Gasteiger partial charge in [0.25, 0.3) is 0 Å². The Hall–Kier alpha value is -0.290. The maximum Gasteiger partial charge on any atom is 0.119 e. The molecule has 2 nitrogen and oxygen atoms in total. The van der Waals surface area contributed by atoms with E-state index in [2.05, 4.69) is 40.0 Å². The normalized spacial score (nSPS) is 16.4. The zero-order chi connectivity index (χ0) is 9.80. The summed E-state index contributed by atoms with van der Waals surface area (Å²) in [5, 5.41) is 3.26. The minimum absolute atomic E-state index is 0.832. The molecule has 0 bridgehead atoms. The molecule has 1 saturated heterocycles. The van der Waals surface area contributed by atoms with Crippen molar-refractivity contribution in [3.05, 3.63) is 27.8 Å². The summed E-state index contributed by atoms with van der Waals surface area (Å²) in [6.45, 7) is 3.17. The minimum atomic E-state index is 0.832. The molecule has 0 saturated carbocycles. The third kappa shape index (κ3) is 2.85. The smallest absolute Gasteiger partial charge is 0.119 e. The summed E-state index contributed by atoms with van der Waals surface area (Å²) < 4.78 is 6.88. The van der Waals surface area contributed by atoms with Crippen molar-refractivity contribution in [1.29, 1.82) is 0 Å². The monoisotopic (exact) mass is 303 g/mol. The zero-order valence-corrected chi connectivity index (χ0v) is 10.2. The molecule has 76 valence electrons. The third-order valence-electron chi connectivity index (χ3n) is 2.47. The van der Waals surface area contributed by atoms with E-state index in [0.717, 1.165) is 31.4 Å². The second kappa shape index (κ2) is 4.98. The Morgan fingerprint density at radius 3 is 2.57 bits per heavy atom. The van der Waals surface area contributed by atoms with Gasteiger partial charge in [0.1, 0.15) is 5.75 Å². The Balaban J connectivity index is 1.71. The molecule has 1 aromatic carbocycles. The van der Waals surface area contributed by atoms with E-state index >= 15 is 0 Å². The van der Waals surface area contributed by atoms with Gasteiger partial charge in [0.15, 0.2) is 0 Å². The van der Waals surface area contributed by atoms with Crippen molar-refractivity contribution in [2.24, 2.45) is 5.92 Å². The van der Waals surface area contributed by atoms with Crippen LogP contribution in [0, 0.1) is 9.49 Å². The van der Waals surface area contributed by atoms with Crippen LogP contribution < -0.4 is 10.1 Å². The first kappa shape index (κ1) is 10.2. The van der Waals surface area contributed by atoms with Crippen molar-refractivity contribution in [2.45, 2.75) is 6.42 Å². The molecule has 1 aliphatic heterocycles. The van der Waals surface area contributed by atoms with E-state index in [4.69, 9.17) is 4.74 Å². The van der Waals surface area contributed by atoms with Gasteiger partial charge in [-0.15, -0.1) is 0 Å². The van der Waals surface area contributed by atoms with Crippen LogP contribution in [0.1, 0.15) is 6.42 Å². The van der Waals surface area contributed by atoms with E-state index in [-0.39, 0.29) is 0 Å². The lowest BCUT2D eigenvalue weighted by molar-refractivity contribution is 0.238. The minimum Gasteiger partial charge on any atom is -0.494 e. The van der Waals surface area contributed by atoms with Crippen LogP contribution >= 0.6 is 22.6 Å². The Labute approximate surface area is 98.2 Å². The molecule has 0 amide bonds. The lowest BCUT2D eigenvalue weighted by atomic mass is 10.0. The van der Waals surface area contributed by atoms with Crippen LogP contribution in [0.4, 0.5) is 0 Å². The summed E-state index contributed by atoms with van der Waals surface area (Å²) in [6, 6.07) is 8.20. The van der Waals surface area contributed by atoms with Crippen molar-refractivity contribution in [3.63, 3.8) is 0 Å². The Kier molecular flexibility index (Phi) is 3.64. The van der Waals surface area contributed by atoms with Gasteiger partial charge < -0.3 is 10.1 Å². The number of halogens is 1. The Bertz CT molecular complexity index is 282. The molecule has 1 aliphatic rings. The van der Waals surface area contributed by atoms with Crippen LogP contribution in [0.3, 0.4) is 0 Å². The van der Waals surface area contributed by atoms with Gasteiger partial charge in [-0.3, -0.25) is 0 Å². The molecular formula is C11H14INO. The first-order chi connectivity index (χ1) is 6.84. The van der Waals surface area contributed by atoms with Gasteiger partial charge in [-0.25, -0.2) is 0 Å². The molecule has 14 heavy (non-hydrogen) atoms. The lowest BCUT2D eigenvalue weighted by Crippen LogP contribution is -2.42. The van der Waals surface area contributed by atoms with Crippen LogP contribution in [0.2, 0.25) is 0 Å².